The predicted octanol–water partition coefficient (Wildman–Crippen LogP) is 6.23. The Balaban J connectivity index is 1.94. The number of hydrogen-bond donors (Lipinski definition) is 3. The maximum atomic E-state index is 13.2. The van der Waals surface area contributed by atoms with E-state index in [9.17, 15) is 44.3 Å². The lowest BCUT2D eigenvalue weighted by Crippen LogP contribution is -2.36. The third-order valence-corrected chi connectivity index (χ3v) is 5.26. The van der Waals surface area contributed by atoms with Crippen LogP contribution >= 0.6 is 0 Å². The zero-order valence-electron chi connectivity index (χ0n) is 17.0. The summed E-state index contributed by atoms with van der Waals surface area (Å²) in [5.74, 6) is -1.20. The molecule has 3 rings (SSSR count). The molecule has 34 heavy (non-hydrogen) atoms. The molecule has 0 saturated carbocycles. The zero-order chi connectivity index (χ0) is 25.5. The molecular weight excluding hydrogens is 483 g/mol. The average molecular weight is 500 g/mol. The molecule has 2 unspecified atom stereocenters. The van der Waals surface area contributed by atoms with Gasteiger partial charge in [-0.1, -0.05) is 0 Å². The minimum Gasteiger partial charge on any atom is -0.481 e. The monoisotopic (exact) mass is 500 g/mol. The first-order chi connectivity index (χ1) is 15.5. The van der Waals surface area contributed by atoms with Crippen molar-refractivity contribution >= 4 is 11.7 Å². The Bertz CT molecular complexity index is 1030. The largest absolute Gasteiger partial charge is 0.481 e. The van der Waals surface area contributed by atoms with E-state index in [1.165, 1.54) is 0 Å². The molecule has 3 N–H and O–H groups in total. The van der Waals surface area contributed by atoms with Crippen molar-refractivity contribution in [3.63, 3.8) is 0 Å². The number of anilines is 1. The van der Waals surface area contributed by atoms with Crippen molar-refractivity contribution in [3.8, 4) is 0 Å². The van der Waals surface area contributed by atoms with E-state index < -0.39 is 66.2 Å². The highest BCUT2D eigenvalue weighted by Crippen LogP contribution is 2.40. The maximum absolute atomic E-state index is 13.2. The van der Waals surface area contributed by atoms with E-state index in [2.05, 4.69) is 10.6 Å². The number of rotatable bonds is 5. The summed E-state index contributed by atoms with van der Waals surface area (Å²) in [5, 5.41) is 14.6. The second-order valence-corrected chi connectivity index (χ2v) is 7.82. The van der Waals surface area contributed by atoms with Crippen molar-refractivity contribution in [1.82, 2.24) is 5.32 Å². The van der Waals surface area contributed by atoms with E-state index >= 15 is 0 Å². The standard InChI is InChI=1S/C21H17F9N2O2/c22-19(23,24)11-1-2-16-15(6-11)17(7-14(32-16)8-18(33)34)31-9-10-3-12(20(25,26)27)5-13(4-10)21(28,29)30/h1-6,14,17,31-32H,7-9H2,(H,33,34). The fourth-order valence-electron chi connectivity index (χ4n) is 3.75. The summed E-state index contributed by atoms with van der Waals surface area (Å²) in [7, 11) is 0. The van der Waals surface area contributed by atoms with Crippen LogP contribution in [-0.4, -0.2) is 17.1 Å². The van der Waals surface area contributed by atoms with Gasteiger partial charge < -0.3 is 15.7 Å². The second kappa shape index (κ2) is 9.01. The molecule has 0 fully saturated rings. The van der Waals surface area contributed by atoms with Crippen LogP contribution in [-0.2, 0) is 29.9 Å². The lowest BCUT2D eigenvalue weighted by molar-refractivity contribution is -0.143. The number of carboxylic acids is 1. The number of fused-ring (bicyclic) bond motifs is 1. The maximum Gasteiger partial charge on any atom is 0.416 e. The summed E-state index contributed by atoms with van der Waals surface area (Å²) < 4.78 is 118. The highest BCUT2D eigenvalue weighted by molar-refractivity contribution is 5.69. The zero-order valence-corrected chi connectivity index (χ0v) is 17.0. The van der Waals surface area contributed by atoms with Gasteiger partial charge in [-0.3, -0.25) is 4.79 Å². The van der Waals surface area contributed by atoms with Gasteiger partial charge in [0.05, 0.1) is 23.1 Å². The molecule has 2 aromatic rings. The van der Waals surface area contributed by atoms with Gasteiger partial charge in [0.25, 0.3) is 0 Å². The lowest BCUT2D eigenvalue weighted by Gasteiger charge is -2.34. The molecule has 1 aliphatic heterocycles. The molecular formula is C21H17F9N2O2. The van der Waals surface area contributed by atoms with E-state index in [0.29, 0.717) is 12.1 Å². The quantitative estimate of drug-likeness (QED) is 0.426. The fourth-order valence-corrected chi connectivity index (χ4v) is 3.75. The Labute approximate surface area is 186 Å². The molecule has 2 aromatic carbocycles. The van der Waals surface area contributed by atoms with E-state index in [4.69, 9.17) is 5.11 Å². The van der Waals surface area contributed by atoms with Crippen molar-refractivity contribution in [1.29, 1.82) is 0 Å². The van der Waals surface area contributed by atoms with Crippen molar-refractivity contribution in [3.05, 3.63) is 64.2 Å². The van der Waals surface area contributed by atoms with Gasteiger partial charge in [0.1, 0.15) is 0 Å². The normalized spacial score (nSPS) is 18.9. The molecule has 1 heterocycles. The molecule has 0 saturated heterocycles. The van der Waals surface area contributed by atoms with Crippen LogP contribution < -0.4 is 10.6 Å². The Kier molecular flexibility index (Phi) is 6.80. The van der Waals surface area contributed by atoms with Crippen LogP contribution in [0.5, 0.6) is 0 Å². The molecule has 0 spiro atoms. The lowest BCUT2D eigenvalue weighted by atomic mass is 9.90. The van der Waals surface area contributed by atoms with Crippen LogP contribution in [0.25, 0.3) is 0 Å². The molecule has 0 amide bonds. The first-order valence-electron chi connectivity index (χ1n) is 9.75. The Hall–Kier alpha value is -2.96. The molecule has 4 nitrogen and oxygen atoms in total. The molecule has 0 aliphatic carbocycles. The fraction of sp³-hybridized carbons (Fsp3) is 0.381. The van der Waals surface area contributed by atoms with E-state index in [0.717, 1.165) is 18.2 Å². The Morgan fingerprint density at radius 2 is 1.44 bits per heavy atom. The topological polar surface area (TPSA) is 61.4 Å². The Morgan fingerprint density at radius 3 is 1.94 bits per heavy atom. The number of hydrogen-bond acceptors (Lipinski definition) is 3. The van der Waals surface area contributed by atoms with Crippen molar-refractivity contribution in [2.75, 3.05) is 5.32 Å². The number of halogens is 9. The highest BCUT2D eigenvalue weighted by atomic mass is 19.4. The van der Waals surface area contributed by atoms with Gasteiger partial charge in [0.2, 0.25) is 0 Å². The first kappa shape index (κ1) is 25.7. The van der Waals surface area contributed by atoms with Gasteiger partial charge >= 0.3 is 24.5 Å². The predicted molar refractivity (Wildman–Crippen MR) is 102 cm³/mol. The van der Waals surface area contributed by atoms with Gasteiger partial charge in [-0.25, -0.2) is 0 Å². The van der Waals surface area contributed by atoms with Crippen LogP contribution in [0.1, 0.15) is 46.7 Å². The summed E-state index contributed by atoms with van der Waals surface area (Å²) in [6.45, 7) is -0.535. The third-order valence-electron chi connectivity index (χ3n) is 5.26. The van der Waals surface area contributed by atoms with Crippen LogP contribution in [0.2, 0.25) is 0 Å². The molecule has 0 radical (unpaired) electrons. The van der Waals surface area contributed by atoms with Crippen LogP contribution in [0.4, 0.5) is 45.2 Å². The molecule has 13 heteroatoms. The van der Waals surface area contributed by atoms with Gasteiger partial charge in [-0.15, -0.1) is 0 Å². The van der Waals surface area contributed by atoms with Crippen molar-refractivity contribution < 1.29 is 49.4 Å². The van der Waals surface area contributed by atoms with Crippen LogP contribution in [0.3, 0.4) is 0 Å². The number of nitrogens with one attached hydrogen (secondary N) is 2. The number of carbonyl (C=O) groups is 1. The number of benzene rings is 2. The minimum atomic E-state index is -5.05. The summed E-state index contributed by atoms with van der Waals surface area (Å²) in [6, 6.07) is 2.02. The highest BCUT2D eigenvalue weighted by Gasteiger charge is 2.37. The van der Waals surface area contributed by atoms with Gasteiger partial charge in [-0.05, 0) is 53.9 Å². The van der Waals surface area contributed by atoms with Gasteiger partial charge in [-0.2, -0.15) is 39.5 Å². The number of carboxylic acid groups (broad SMARTS) is 1. The van der Waals surface area contributed by atoms with Crippen LogP contribution in [0.15, 0.2) is 36.4 Å². The van der Waals surface area contributed by atoms with Crippen LogP contribution in [0, 0.1) is 0 Å². The second-order valence-electron chi connectivity index (χ2n) is 7.82. The SMILES string of the molecule is O=C(O)CC1CC(NCc2cc(C(F)(F)F)cc(C(F)(F)F)c2)c2cc(C(F)(F)F)ccc2N1. The molecule has 1 aliphatic rings. The number of alkyl halides is 9. The van der Waals surface area contributed by atoms with Crippen molar-refractivity contribution in [2.24, 2.45) is 0 Å². The van der Waals surface area contributed by atoms with E-state index in [-0.39, 0.29) is 29.3 Å². The summed E-state index contributed by atoms with van der Waals surface area (Å²) >= 11 is 0. The number of aliphatic carboxylic acids is 1. The molecule has 2 atom stereocenters. The molecule has 186 valence electrons. The summed E-state index contributed by atoms with van der Waals surface area (Å²) in [4.78, 5) is 11.1. The van der Waals surface area contributed by atoms with Crippen molar-refractivity contribution in [2.45, 2.75) is 50.0 Å². The summed E-state index contributed by atoms with van der Waals surface area (Å²) in [6.07, 6.45) is -15.3. The minimum absolute atomic E-state index is 0.0260. The smallest absolute Gasteiger partial charge is 0.416 e. The first-order valence-corrected chi connectivity index (χ1v) is 9.75. The third kappa shape index (κ3) is 6.13. The molecule has 0 aromatic heterocycles. The van der Waals surface area contributed by atoms with E-state index in [1.54, 1.807) is 0 Å². The van der Waals surface area contributed by atoms with Gasteiger partial charge in [0.15, 0.2) is 0 Å². The molecule has 0 bridgehead atoms. The average Bonchev–Trinajstić information content (AvgIpc) is 2.69. The van der Waals surface area contributed by atoms with E-state index in [1.807, 2.05) is 0 Å². The Morgan fingerprint density at radius 1 is 0.882 bits per heavy atom. The summed E-state index contributed by atoms with van der Waals surface area (Å²) in [5.41, 5.74) is -4.18. The van der Waals surface area contributed by atoms with Gasteiger partial charge in [0, 0.05) is 24.3 Å².